The van der Waals surface area contributed by atoms with Crippen molar-refractivity contribution in [3.05, 3.63) is 23.8 Å². The van der Waals surface area contributed by atoms with Crippen LogP contribution < -0.4 is 10.1 Å². The number of hydrogen-bond acceptors (Lipinski definition) is 5. The molecule has 1 aliphatic heterocycles. The van der Waals surface area contributed by atoms with Gasteiger partial charge in [-0.3, -0.25) is 0 Å². The van der Waals surface area contributed by atoms with Crippen LogP contribution in [0.4, 0.5) is 0 Å². The first-order valence-corrected chi connectivity index (χ1v) is 7.62. The average molecular weight is 271 g/mol. The quantitative estimate of drug-likeness (QED) is 0.879. The van der Waals surface area contributed by atoms with Crippen molar-refractivity contribution in [2.45, 2.75) is 11.0 Å². The Hall–Kier alpha value is -1.11. The van der Waals surface area contributed by atoms with Crippen molar-refractivity contribution in [3.63, 3.8) is 0 Å². The van der Waals surface area contributed by atoms with Gasteiger partial charge in [-0.1, -0.05) is 12.1 Å². The van der Waals surface area contributed by atoms with Crippen molar-refractivity contribution in [1.29, 1.82) is 0 Å². The Kier molecular flexibility index (Phi) is 3.89. The molecule has 0 aromatic heterocycles. The van der Waals surface area contributed by atoms with Crippen molar-refractivity contribution in [2.24, 2.45) is 0 Å². The van der Waals surface area contributed by atoms with E-state index >= 15 is 0 Å². The first-order valence-electron chi connectivity index (χ1n) is 5.73. The van der Waals surface area contributed by atoms with Gasteiger partial charge in [-0.25, -0.2) is 8.42 Å². The Balaban J connectivity index is 2.47. The van der Waals surface area contributed by atoms with Gasteiger partial charge in [-0.2, -0.15) is 0 Å². The van der Waals surface area contributed by atoms with Gasteiger partial charge in [0.25, 0.3) is 0 Å². The minimum atomic E-state index is -3.31. The van der Waals surface area contributed by atoms with Gasteiger partial charge >= 0.3 is 0 Å². The van der Waals surface area contributed by atoms with Gasteiger partial charge in [0, 0.05) is 24.9 Å². The zero-order valence-electron chi connectivity index (χ0n) is 10.5. The zero-order valence-corrected chi connectivity index (χ0v) is 11.3. The molecule has 1 aliphatic rings. The maximum absolute atomic E-state index is 11.7. The van der Waals surface area contributed by atoms with E-state index in [9.17, 15) is 8.42 Å². The Morgan fingerprint density at radius 3 is 2.78 bits per heavy atom. The molecule has 0 aliphatic carbocycles. The van der Waals surface area contributed by atoms with Crippen LogP contribution in [0.1, 0.15) is 11.7 Å². The second kappa shape index (κ2) is 5.26. The van der Waals surface area contributed by atoms with Gasteiger partial charge in [0.1, 0.15) is 10.6 Å². The zero-order chi connectivity index (χ0) is 13.2. The molecule has 1 unspecified atom stereocenters. The molecule has 0 saturated carbocycles. The monoisotopic (exact) mass is 271 g/mol. The molecule has 100 valence electrons. The highest BCUT2D eigenvalue weighted by atomic mass is 32.2. The molecular weight excluding hydrogens is 254 g/mol. The second-order valence-electron chi connectivity index (χ2n) is 4.21. The molecule has 2 rings (SSSR count). The lowest BCUT2D eigenvalue weighted by Crippen LogP contribution is -2.33. The van der Waals surface area contributed by atoms with Crippen LogP contribution >= 0.6 is 0 Å². The smallest absolute Gasteiger partial charge is 0.179 e. The molecule has 1 aromatic carbocycles. The van der Waals surface area contributed by atoms with Gasteiger partial charge in [-0.15, -0.1) is 0 Å². The summed E-state index contributed by atoms with van der Waals surface area (Å²) in [5.41, 5.74) is 0.771. The van der Waals surface area contributed by atoms with Crippen molar-refractivity contribution < 1.29 is 17.9 Å². The predicted octanol–water partition coefficient (Wildman–Crippen LogP) is 0.760. The van der Waals surface area contributed by atoms with Gasteiger partial charge in [0.15, 0.2) is 9.84 Å². The van der Waals surface area contributed by atoms with Crippen LogP contribution in [0, 0.1) is 0 Å². The number of hydrogen-bond donors (Lipinski definition) is 1. The fourth-order valence-corrected chi connectivity index (χ4v) is 2.93. The number of para-hydroxylation sites is 1. The minimum absolute atomic E-state index is 0.171. The number of nitrogens with one attached hydrogen (secondary N) is 1. The number of ether oxygens (including phenoxy) is 2. The molecule has 1 N–H and O–H groups in total. The average Bonchev–Trinajstić information content (AvgIpc) is 2.37. The summed E-state index contributed by atoms with van der Waals surface area (Å²) in [6.07, 6.45) is 1.00. The molecule has 1 atom stereocenters. The summed E-state index contributed by atoms with van der Waals surface area (Å²) in [4.78, 5) is 0.205. The molecule has 0 amide bonds. The second-order valence-corrected chi connectivity index (χ2v) is 6.20. The number of sulfone groups is 1. The SMILES string of the molecule is COc1c(C2CNCCO2)cccc1S(C)(=O)=O. The van der Waals surface area contributed by atoms with E-state index in [0.29, 0.717) is 18.9 Å². The van der Waals surface area contributed by atoms with Gasteiger partial charge in [-0.05, 0) is 6.07 Å². The van der Waals surface area contributed by atoms with E-state index < -0.39 is 9.84 Å². The topological polar surface area (TPSA) is 64.6 Å². The lowest BCUT2D eigenvalue weighted by Gasteiger charge is -2.26. The maximum atomic E-state index is 11.7. The van der Waals surface area contributed by atoms with E-state index in [4.69, 9.17) is 9.47 Å². The van der Waals surface area contributed by atoms with E-state index in [1.807, 2.05) is 6.07 Å². The number of morpholine rings is 1. The molecule has 6 heteroatoms. The van der Waals surface area contributed by atoms with Crippen LogP contribution in [0.3, 0.4) is 0 Å². The van der Waals surface area contributed by atoms with Crippen LogP contribution in [0.5, 0.6) is 5.75 Å². The first kappa shape index (κ1) is 13.3. The Bertz CT molecular complexity index is 521. The number of benzene rings is 1. The van der Waals surface area contributed by atoms with E-state index in [2.05, 4.69) is 5.32 Å². The van der Waals surface area contributed by atoms with E-state index in [0.717, 1.165) is 12.1 Å². The third kappa shape index (κ3) is 2.66. The van der Waals surface area contributed by atoms with E-state index in [1.54, 1.807) is 12.1 Å². The fraction of sp³-hybridized carbons (Fsp3) is 0.500. The molecule has 1 aromatic rings. The molecule has 1 heterocycles. The number of rotatable bonds is 3. The fourth-order valence-electron chi connectivity index (χ4n) is 2.06. The molecule has 0 radical (unpaired) electrons. The van der Waals surface area contributed by atoms with Crippen molar-refractivity contribution in [3.8, 4) is 5.75 Å². The molecule has 1 fully saturated rings. The van der Waals surface area contributed by atoms with Crippen LogP contribution in [-0.2, 0) is 14.6 Å². The standard InChI is InChI=1S/C12H17NO4S/c1-16-12-9(10-8-13-6-7-17-10)4-3-5-11(12)18(2,14)15/h3-5,10,13H,6-8H2,1-2H3. The first-order chi connectivity index (χ1) is 8.54. The van der Waals surface area contributed by atoms with Gasteiger partial charge in [0.2, 0.25) is 0 Å². The highest BCUT2D eigenvalue weighted by molar-refractivity contribution is 7.90. The summed E-state index contributed by atoms with van der Waals surface area (Å²) < 4.78 is 34.3. The highest BCUT2D eigenvalue weighted by Gasteiger charge is 2.24. The van der Waals surface area contributed by atoms with E-state index in [-0.39, 0.29) is 11.0 Å². The summed E-state index contributed by atoms with van der Waals surface area (Å²) in [5.74, 6) is 0.383. The van der Waals surface area contributed by atoms with Crippen molar-refractivity contribution >= 4 is 9.84 Å². The largest absolute Gasteiger partial charge is 0.495 e. The van der Waals surface area contributed by atoms with Gasteiger partial charge < -0.3 is 14.8 Å². The summed E-state index contributed by atoms with van der Waals surface area (Å²) >= 11 is 0. The van der Waals surface area contributed by atoms with E-state index in [1.165, 1.54) is 13.4 Å². The Morgan fingerprint density at radius 1 is 1.44 bits per heavy atom. The van der Waals surface area contributed by atoms with Crippen LogP contribution in [0.2, 0.25) is 0 Å². The maximum Gasteiger partial charge on any atom is 0.179 e. The third-order valence-electron chi connectivity index (χ3n) is 2.89. The molecule has 0 spiro atoms. The summed E-state index contributed by atoms with van der Waals surface area (Å²) in [5, 5.41) is 3.21. The van der Waals surface area contributed by atoms with Crippen LogP contribution in [-0.4, -0.2) is 41.5 Å². The van der Waals surface area contributed by atoms with Crippen molar-refractivity contribution in [1.82, 2.24) is 5.32 Å². The van der Waals surface area contributed by atoms with Crippen LogP contribution in [0.25, 0.3) is 0 Å². The van der Waals surface area contributed by atoms with Crippen molar-refractivity contribution in [2.75, 3.05) is 33.1 Å². The summed E-state index contributed by atoms with van der Waals surface area (Å²) in [6, 6.07) is 5.10. The lowest BCUT2D eigenvalue weighted by atomic mass is 10.1. The molecule has 0 bridgehead atoms. The molecule has 18 heavy (non-hydrogen) atoms. The summed E-state index contributed by atoms with van der Waals surface area (Å²) in [7, 11) is -1.83. The highest BCUT2D eigenvalue weighted by Crippen LogP contribution is 2.34. The predicted molar refractivity (Wildman–Crippen MR) is 67.7 cm³/mol. The third-order valence-corrected chi connectivity index (χ3v) is 4.01. The van der Waals surface area contributed by atoms with Gasteiger partial charge in [0.05, 0.1) is 19.8 Å². The lowest BCUT2D eigenvalue weighted by molar-refractivity contribution is 0.0260. The Morgan fingerprint density at radius 2 is 2.22 bits per heavy atom. The summed E-state index contributed by atoms with van der Waals surface area (Å²) in [6.45, 7) is 2.07. The van der Waals surface area contributed by atoms with Crippen LogP contribution in [0.15, 0.2) is 23.1 Å². The molecule has 5 nitrogen and oxygen atoms in total. The normalized spacial score (nSPS) is 20.7. The minimum Gasteiger partial charge on any atom is -0.495 e. The Labute approximate surface area is 107 Å². The molecule has 1 saturated heterocycles. The molecular formula is C12H17NO4S. The number of methoxy groups -OCH3 is 1.